The summed E-state index contributed by atoms with van der Waals surface area (Å²) in [5, 5.41) is 0.880. The molecule has 3 aromatic heterocycles. The minimum atomic E-state index is -0.248. The number of halogens is 1. The van der Waals surface area contributed by atoms with Crippen molar-refractivity contribution in [3.05, 3.63) is 81.9 Å². The number of fused-ring (bicyclic) bond motifs is 2. The standard InChI is InChI=1S/C21H18FN5O/c22-15-1-2-18-16(9-15)14(10-24-18)11-27-8-5-19-17(12-27)21(28)26-20(25-19)13-3-6-23-7-4-13/h1-4,6-7,9-10,24H,5,8,11-12H2,(H,25,26,28). The van der Waals surface area contributed by atoms with Gasteiger partial charge in [0, 0.05) is 61.1 Å². The second kappa shape index (κ2) is 6.69. The van der Waals surface area contributed by atoms with E-state index >= 15 is 0 Å². The van der Waals surface area contributed by atoms with E-state index in [1.165, 1.54) is 6.07 Å². The van der Waals surface area contributed by atoms with Crippen LogP contribution in [0.2, 0.25) is 0 Å². The van der Waals surface area contributed by atoms with Gasteiger partial charge in [0.15, 0.2) is 0 Å². The van der Waals surface area contributed by atoms with Gasteiger partial charge >= 0.3 is 0 Å². The maximum atomic E-state index is 13.6. The van der Waals surface area contributed by atoms with Gasteiger partial charge in [0.1, 0.15) is 11.6 Å². The number of aromatic nitrogens is 4. The van der Waals surface area contributed by atoms with Gasteiger partial charge in [-0.2, -0.15) is 0 Å². The first-order valence-electron chi connectivity index (χ1n) is 9.18. The highest BCUT2D eigenvalue weighted by Crippen LogP contribution is 2.24. The average Bonchev–Trinajstić information content (AvgIpc) is 3.11. The first kappa shape index (κ1) is 16.8. The summed E-state index contributed by atoms with van der Waals surface area (Å²) in [6.07, 6.45) is 5.98. The highest BCUT2D eigenvalue weighted by Gasteiger charge is 2.22. The van der Waals surface area contributed by atoms with Crippen molar-refractivity contribution in [2.24, 2.45) is 0 Å². The molecule has 140 valence electrons. The van der Waals surface area contributed by atoms with Gasteiger partial charge in [0.25, 0.3) is 5.56 Å². The number of aromatic amines is 2. The first-order valence-corrected chi connectivity index (χ1v) is 9.18. The van der Waals surface area contributed by atoms with E-state index in [2.05, 4.69) is 24.8 Å². The summed E-state index contributed by atoms with van der Waals surface area (Å²) >= 11 is 0. The van der Waals surface area contributed by atoms with E-state index in [9.17, 15) is 9.18 Å². The Morgan fingerprint density at radius 2 is 2.04 bits per heavy atom. The lowest BCUT2D eigenvalue weighted by molar-refractivity contribution is 0.242. The fraction of sp³-hybridized carbons (Fsp3) is 0.190. The van der Waals surface area contributed by atoms with Crippen LogP contribution < -0.4 is 5.56 Å². The Kier molecular flexibility index (Phi) is 4.02. The molecule has 1 aliphatic heterocycles. The second-order valence-corrected chi connectivity index (χ2v) is 7.04. The Bertz CT molecular complexity index is 1210. The molecule has 0 amide bonds. The number of benzene rings is 1. The van der Waals surface area contributed by atoms with E-state index in [1.807, 2.05) is 18.3 Å². The van der Waals surface area contributed by atoms with Gasteiger partial charge in [0.05, 0.1) is 11.3 Å². The van der Waals surface area contributed by atoms with Crippen molar-refractivity contribution in [2.45, 2.75) is 19.5 Å². The first-order chi connectivity index (χ1) is 13.7. The van der Waals surface area contributed by atoms with Crippen molar-refractivity contribution in [1.29, 1.82) is 0 Å². The molecule has 7 heteroatoms. The van der Waals surface area contributed by atoms with Gasteiger partial charge in [-0.25, -0.2) is 9.37 Å². The molecule has 0 atom stereocenters. The van der Waals surface area contributed by atoms with Crippen LogP contribution in [-0.4, -0.2) is 31.4 Å². The van der Waals surface area contributed by atoms with Crippen molar-refractivity contribution in [2.75, 3.05) is 6.54 Å². The van der Waals surface area contributed by atoms with Crippen LogP contribution in [0.3, 0.4) is 0 Å². The van der Waals surface area contributed by atoms with E-state index in [0.29, 0.717) is 30.9 Å². The summed E-state index contributed by atoms with van der Waals surface area (Å²) in [5.41, 5.74) is 4.22. The molecule has 2 N–H and O–H groups in total. The summed E-state index contributed by atoms with van der Waals surface area (Å²) in [7, 11) is 0. The third-order valence-corrected chi connectivity index (χ3v) is 5.22. The molecule has 0 fully saturated rings. The van der Waals surface area contributed by atoms with Gasteiger partial charge in [0.2, 0.25) is 0 Å². The molecule has 0 saturated heterocycles. The molecule has 0 spiro atoms. The molecule has 1 aliphatic rings. The number of nitrogens with one attached hydrogen (secondary N) is 2. The third kappa shape index (κ3) is 2.99. The van der Waals surface area contributed by atoms with Crippen LogP contribution in [0.15, 0.2) is 53.7 Å². The molecule has 4 aromatic rings. The van der Waals surface area contributed by atoms with Crippen LogP contribution in [0.5, 0.6) is 0 Å². The molecule has 28 heavy (non-hydrogen) atoms. The van der Waals surface area contributed by atoms with Crippen LogP contribution in [-0.2, 0) is 19.5 Å². The number of hydrogen-bond acceptors (Lipinski definition) is 4. The lowest BCUT2D eigenvalue weighted by Gasteiger charge is -2.27. The molecule has 0 radical (unpaired) electrons. The fourth-order valence-corrected chi connectivity index (χ4v) is 3.78. The molecular weight excluding hydrogens is 357 g/mol. The topological polar surface area (TPSA) is 77.7 Å². The third-order valence-electron chi connectivity index (χ3n) is 5.22. The molecular formula is C21H18FN5O. The highest BCUT2D eigenvalue weighted by atomic mass is 19.1. The zero-order valence-corrected chi connectivity index (χ0v) is 15.1. The number of pyridine rings is 1. The van der Waals surface area contributed by atoms with E-state index in [1.54, 1.807) is 24.5 Å². The normalized spacial score (nSPS) is 14.3. The molecule has 5 rings (SSSR count). The second-order valence-electron chi connectivity index (χ2n) is 7.04. The lowest BCUT2D eigenvalue weighted by atomic mass is 10.1. The SMILES string of the molecule is O=c1[nH]c(-c2ccncc2)nc2c1CN(Cc1c[nH]c3ccc(F)cc13)CC2. The molecule has 0 bridgehead atoms. The Morgan fingerprint density at radius 3 is 2.89 bits per heavy atom. The number of nitrogens with zero attached hydrogens (tertiary/aromatic N) is 3. The van der Waals surface area contributed by atoms with Crippen molar-refractivity contribution < 1.29 is 4.39 Å². The molecule has 1 aromatic carbocycles. The van der Waals surface area contributed by atoms with Gasteiger partial charge in [-0.15, -0.1) is 0 Å². The molecule has 0 aliphatic carbocycles. The van der Waals surface area contributed by atoms with E-state index in [4.69, 9.17) is 0 Å². The van der Waals surface area contributed by atoms with Gasteiger partial charge < -0.3 is 9.97 Å². The monoisotopic (exact) mass is 375 g/mol. The minimum Gasteiger partial charge on any atom is -0.361 e. The summed E-state index contributed by atoms with van der Waals surface area (Å²) in [5.74, 6) is 0.327. The van der Waals surface area contributed by atoms with Crippen molar-refractivity contribution in [3.8, 4) is 11.4 Å². The smallest absolute Gasteiger partial charge is 0.255 e. The summed E-state index contributed by atoms with van der Waals surface area (Å²) in [6.45, 7) is 1.96. The van der Waals surface area contributed by atoms with E-state index < -0.39 is 0 Å². The zero-order chi connectivity index (χ0) is 19.1. The quantitative estimate of drug-likeness (QED) is 0.577. The zero-order valence-electron chi connectivity index (χ0n) is 15.1. The van der Waals surface area contributed by atoms with Crippen molar-refractivity contribution in [1.82, 2.24) is 24.8 Å². The van der Waals surface area contributed by atoms with Crippen LogP contribution in [0.1, 0.15) is 16.8 Å². The maximum Gasteiger partial charge on any atom is 0.255 e. The van der Waals surface area contributed by atoms with Gasteiger partial charge in [-0.05, 0) is 35.9 Å². The fourth-order valence-electron chi connectivity index (χ4n) is 3.78. The average molecular weight is 375 g/mol. The van der Waals surface area contributed by atoms with E-state index in [-0.39, 0.29) is 11.4 Å². The van der Waals surface area contributed by atoms with Crippen molar-refractivity contribution in [3.63, 3.8) is 0 Å². The number of rotatable bonds is 3. The maximum absolute atomic E-state index is 13.6. The Labute approximate surface area is 160 Å². The highest BCUT2D eigenvalue weighted by molar-refractivity contribution is 5.83. The summed E-state index contributed by atoms with van der Waals surface area (Å²) in [6, 6.07) is 8.40. The molecule has 0 unspecified atom stereocenters. The largest absolute Gasteiger partial charge is 0.361 e. The molecule has 0 saturated carbocycles. The van der Waals surface area contributed by atoms with Crippen LogP contribution in [0.4, 0.5) is 4.39 Å². The van der Waals surface area contributed by atoms with Crippen LogP contribution in [0, 0.1) is 5.82 Å². The number of H-pyrrole nitrogens is 2. The Balaban J connectivity index is 1.42. The van der Waals surface area contributed by atoms with E-state index in [0.717, 1.165) is 34.3 Å². The van der Waals surface area contributed by atoms with Crippen molar-refractivity contribution >= 4 is 10.9 Å². The van der Waals surface area contributed by atoms with Crippen LogP contribution in [0.25, 0.3) is 22.3 Å². The van der Waals surface area contributed by atoms with Gasteiger partial charge in [-0.1, -0.05) is 0 Å². The van der Waals surface area contributed by atoms with Crippen LogP contribution >= 0.6 is 0 Å². The predicted molar refractivity (Wildman–Crippen MR) is 104 cm³/mol. The predicted octanol–water partition coefficient (Wildman–Crippen LogP) is 3.01. The summed E-state index contributed by atoms with van der Waals surface area (Å²) < 4.78 is 13.6. The lowest BCUT2D eigenvalue weighted by Crippen LogP contribution is -2.35. The Hall–Kier alpha value is -3.32. The number of hydrogen-bond donors (Lipinski definition) is 2. The Morgan fingerprint density at radius 1 is 1.18 bits per heavy atom. The summed E-state index contributed by atoms with van der Waals surface area (Å²) in [4.78, 5) is 29.6. The minimum absolute atomic E-state index is 0.105. The van der Waals surface area contributed by atoms with Gasteiger partial charge in [-0.3, -0.25) is 14.7 Å². The molecule has 4 heterocycles. The molecule has 6 nitrogen and oxygen atoms in total.